The molecule has 2 unspecified atom stereocenters. The van der Waals surface area contributed by atoms with Gasteiger partial charge >= 0.3 is 0 Å². The molecule has 0 aromatic carbocycles. The molecule has 8 atom stereocenters. The van der Waals surface area contributed by atoms with Crippen molar-refractivity contribution >= 4 is 0 Å². The molecule has 0 saturated carbocycles. The van der Waals surface area contributed by atoms with Gasteiger partial charge in [-0.2, -0.15) is 0 Å². The summed E-state index contributed by atoms with van der Waals surface area (Å²) in [5.41, 5.74) is 0. The molecule has 4 aliphatic rings. The molecule has 0 aromatic heterocycles. The van der Waals surface area contributed by atoms with Crippen LogP contribution in [0.2, 0.25) is 0 Å². The summed E-state index contributed by atoms with van der Waals surface area (Å²) in [4.78, 5) is 0. The number of hydrogen-bond donors (Lipinski definition) is 1. The number of fused-ring (bicyclic) bond motifs is 2. The molecular weight excluding hydrogens is 364 g/mol. The van der Waals surface area contributed by atoms with Crippen LogP contribution in [-0.4, -0.2) is 59.8 Å². The van der Waals surface area contributed by atoms with E-state index in [9.17, 15) is 5.11 Å². The molecule has 4 heterocycles. The van der Waals surface area contributed by atoms with Gasteiger partial charge in [0.1, 0.15) is 18.3 Å². The summed E-state index contributed by atoms with van der Waals surface area (Å²) < 4.78 is 33.7. The van der Waals surface area contributed by atoms with E-state index in [1.807, 2.05) is 33.8 Å². The van der Waals surface area contributed by atoms with Crippen LogP contribution in [-0.2, 0) is 28.4 Å². The van der Waals surface area contributed by atoms with Crippen LogP contribution in [0.25, 0.3) is 0 Å². The van der Waals surface area contributed by atoms with Gasteiger partial charge in [-0.15, -0.1) is 13.2 Å². The zero-order valence-electron chi connectivity index (χ0n) is 17.5. The molecule has 7 heteroatoms. The van der Waals surface area contributed by atoms with E-state index in [0.717, 1.165) is 6.42 Å². The maximum Gasteiger partial charge on any atom is 0.190 e. The fourth-order valence-electron chi connectivity index (χ4n) is 4.08. The predicted octanol–water partition coefficient (Wildman–Crippen LogP) is 2.87. The molecule has 0 radical (unpaired) electrons. The van der Waals surface area contributed by atoms with Crippen LogP contribution in [0.1, 0.15) is 47.5 Å². The highest BCUT2D eigenvalue weighted by atomic mass is 16.8. The number of hydrogen-bond acceptors (Lipinski definition) is 7. The molecule has 4 aliphatic heterocycles. The average Bonchev–Trinajstić information content (AvgIpc) is 3.23. The first kappa shape index (κ1) is 21.9. The topological polar surface area (TPSA) is 75.6 Å². The van der Waals surface area contributed by atoms with Gasteiger partial charge in [0, 0.05) is 5.92 Å². The molecule has 0 aromatic rings. The average molecular weight is 398 g/mol. The molecular formula is C21H34O7. The van der Waals surface area contributed by atoms with Gasteiger partial charge in [-0.1, -0.05) is 19.1 Å². The molecule has 0 aliphatic carbocycles. The minimum Gasteiger partial charge on any atom is -0.387 e. The molecule has 28 heavy (non-hydrogen) atoms. The molecule has 4 rings (SSSR count). The van der Waals surface area contributed by atoms with E-state index in [1.165, 1.54) is 0 Å². The maximum absolute atomic E-state index is 9.84. The molecule has 4 saturated heterocycles. The van der Waals surface area contributed by atoms with Crippen LogP contribution in [0.5, 0.6) is 0 Å². The number of ether oxygens (including phenoxy) is 6. The van der Waals surface area contributed by atoms with Crippen molar-refractivity contribution < 1.29 is 33.5 Å². The second kappa shape index (κ2) is 8.14. The van der Waals surface area contributed by atoms with Crippen LogP contribution in [0.4, 0.5) is 0 Å². The van der Waals surface area contributed by atoms with E-state index in [1.54, 1.807) is 6.08 Å². The zero-order chi connectivity index (χ0) is 20.7. The van der Waals surface area contributed by atoms with E-state index < -0.39 is 24.0 Å². The Bertz CT molecular complexity index is 525. The summed E-state index contributed by atoms with van der Waals surface area (Å²) in [6, 6.07) is 0. The second-order valence-corrected chi connectivity index (χ2v) is 8.68. The van der Waals surface area contributed by atoms with Crippen LogP contribution in [0.15, 0.2) is 25.3 Å². The van der Waals surface area contributed by atoms with Crippen LogP contribution < -0.4 is 0 Å². The van der Waals surface area contributed by atoms with Crippen LogP contribution in [0.3, 0.4) is 0 Å². The van der Waals surface area contributed by atoms with Crippen LogP contribution >= 0.6 is 0 Å². The van der Waals surface area contributed by atoms with Gasteiger partial charge in [0.25, 0.3) is 0 Å². The quantitative estimate of drug-likeness (QED) is 0.730. The van der Waals surface area contributed by atoms with Crippen molar-refractivity contribution in [1.29, 1.82) is 0 Å². The normalized spacial score (nSPS) is 45.1. The lowest BCUT2D eigenvalue weighted by Crippen LogP contribution is -2.34. The molecule has 7 nitrogen and oxygen atoms in total. The van der Waals surface area contributed by atoms with Crippen molar-refractivity contribution in [3.63, 3.8) is 0 Å². The van der Waals surface area contributed by atoms with Crippen molar-refractivity contribution in [2.24, 2.45) is 5.92 Å². The molecule has 4 fully saturated rings. The van der Waals surface area contributed by atoms with E-state index in [0.29, 0.717) is 12.3 Å². The van der Waals surface area contributed by atoms with Gasteiger partial charge < -0.3 is 33.5 Å². The first-order valence-electron chi connectivity index (χ1n) is 9.99. The number of aliphatic hydroxyl groups is 1. The standard InChI is InChI=1S/C11H18O3.C10H16O4/c1-5-6-8-7(2)9-10(12-8)14-11(3,4)13-9;1-4-5-6-7(11)8-9(12-6)14-10(2,3)13-8/h5,7-10H,1,6H2,2-4H3;4,6-9,11H,1,5H2,2-3H3/t7-,8+,9?,10+;6-,7+,8?,9-/m01/s1. The molecule has 1 N–H and O–H groups in total. The molecule has 0 amide bonds. The lowest BCUT2D eigenvalue weighted by Gasteiger charge is -2.22. The molecule has 160 valence electrons. The minimum atomic E-state index is -0.657. The maximum atomic E-state index is 9.84. The van der Waals surface area contributed by atoms with Crippen molar-refractivity contribution in [3.8, 4) is 0 Å². The van der Waals surface area contributed by atoms with E-state index in [2.05, 4.69) is 20.1 Å². The van der Waals surface area contributed by atoms with Crippen LogP contribution in [0, 0.1) is 5.92 Å². The molecule has 0 bridgehead atoms. The highest BCUT2D eigenvalue weighted by Crippen LogP contribution is 2.41. The zero-order valence-corrected chi connectivity index (χ0v) is 17.5. The van der Waals surface area contributed by atoms with Gasteiger partial charge in [-0.25, -0.2) is 0 Å². The van der Waals surface area contributed by atoms with E-state index in [4.69, 9.17) is 28.4 Å². The Morgan fingerprint density at radius 3 is 1.75 bits per heavy atom. The van der Waals surface area contributed by atoms with Crippen molar-refractivity contribution in [2.75, 3.05) is 0 Å². The summed E-state index contributed by atoms with van der Waals surface area (Å²) in [6.07, 6.45) is 3.48. The summed E-state index contributed by atoms with van der Waals surface area (Å²) in [5.74, 6) is -0.780. The monoisotopic (exact) mass is 398 g/mol. The largest absolute Gasteiger partial charge is 0.387 e. The Hall–Kier alpha value is -0.800. The van der Waals surface area contributed by atoms with E-state index >= 15 is 0 Å². The van der Waals surface area contributed by atoms with Gasteiger partial charge in [-0.3, -0.25) is 0 Å². The SMILES string of the molecule is C=CC[C@H]1O[C@@H]2OC(C)(C)OC2[C@H]1C.C=CC[C@H]1O[C@@H]2OC(C)(C)OC2[C@H]1O. The Balaban J connectivity index is 0.000000161. The van der Waals surface area contributed by atoms with E-state index in [-0.39, 0.29) is 30.7 Å². The summed E-state index contributed by atoms with van der Waals surface area (Å²) in [5, 5.41) is 9.84. The molecule has 0 spiro atoms. The highest BCUT2D eigenvalue weighted by Gasteiger charge is 2.54. The minimum absolute atomic E-state index is 0.0787. The van der Waals surface area contributed by atoms with Crippen molar-refractivity contribution in [1.82, 2.24) is 0 Å². The van der Waals surface area contributed by atoms with Crippen molar-refractivity contribution in [2.45, 2.75) is 102 Å². The first-order valence-corrected chi connectivity index (χ1v) is 9.99. The lowest BCUT2D eigenvalue weighted by molar-refractivity contribution is -0.214. The van der Waals surface area contributed by atoms with Gasteiger partial charge in [0.15, 0.2) is 24.2 Å². The third-order valence-corrected chi connectivity index (χ3v) is 5.41. The fourth-order valence-corrected chi connectivity index (χ4v) is 4.08. The van der Waals surface area contributed by atoms with Gasteiger partial charge in [-0.05, 0) is 40.5 Å². The third-order valence-electron chi connectivity index (χ3n) is 5.41. The first-order chi connectivity index (χ1) is 13.1. The summed E-state index contributed by atoms with van der Waals surface area (Å²) in [7, 11) is 0. The number of aliphatic hydroxyl groups excluding tert-OH is 1. The third kappa shape index (κ3) is 4.51. The highest BCUT2D eigenvalue weighted by molar-refractivity contribution is 4.95. The summed E-state index contributed by atoms with van der Waals surface area (Å²) >= 11 is 0. The Morgan fingerprint density at radius 2 is 1.25 bits per heavy atom. The lowest BCUT2D eigenvalue weighted by atomic mass is 9.99. The predicted molar refractivity (Wildman–Crippen MR) is 102 cm³/mol. The van der Waals surface area contributed by atoms with Gasteiger partial charge in [0.2, 0.25) is 0 Å². The number of rotatable bonds is 4. The Kier molecular flexibility index (Phi) is 6.37. The Labute approximate surface area is 167 Å². The van der Waals surface area contributed by atoms with Crippen molar-refractivity contribution in [3.05, 3.63) is 25.3 Å². The Morgan fingerprint density at radius 1 is 0.786 bits per heavy atom. The summed E-state index contributed by atoms with van der Waals surface area (Å²) in [6.45, 7) is 16.9. The smallest absolute Gasteiger partial charge is 0.190 e. The van der Waals surface area contributed by atoms with Gasteiger partial charge in [0.05, 0.1) is 12.2 Å². The second-order valence-electron chi connectivity index (χ2n) is 8.68. The fraction of sp³-hybridized carbons (Fsp3) is 0.810.